The number of nitrogens with zero attached hydrogens (tertiary/aromatic N) is 5. The van der Waals surface area contributed by atoms with Crippen molar-refractivity contribution in [2.24, 2.45) is 22.0 Å². The van der Waals surface area contributed by atoms with Crippen molar-refractivity contribution in [2.45, 2.75) is 78.8 Å². The molecule has 2 aromatic rings. The number of benzene rings is 1. The van der Waals surface area contributed by atoms with Gasteiger partial charge in [-0.1, -0.05) is 43.5 Å². The van der Waals surface area contributed by atoms with Crippen molar-refractivity contribution in [1.82, 2.24) is 14.6 Å². The lowest BCUT2D eigenvalue weighted by Crippen LogP contribution is -2.45. The summed E-state index contributed by atoms with van der Waals surface area (Å²) >= 11 is 0. The monoisotopic (exact) mass is 571 g/mol. The molecule has 1 saturated carbocycles. The number of carbonyl (C=O) groups is 3. The highest BCUT2D eigenvalue weighted by Gasteiger charge is 2.53. The van der Waals surface area contributed by atoms with Gasteiger partial charge in [0, 0.05) is 43.2 Å². The lowest BCUT2D eigenvalue weighted by molar-refractivity contribution is -0.138. The van der Waals surface area contributed by atoms with Crippen LogP contribution >= 0.6 is 0 Å². The van der Waals surface area contributed by atoms with E-state index in [1.807, 2.05) is 63.7 Å². The van der Waals surface area contributed by atoms with Crippen LogP contribution in [0.3, 0.4) is 0 Å². The van der Waals surface area contributed by atoms with E-state index in [0.29, 0.717) is 11.3 Å². The number of aliphatic hydroxyl groups excluding tert-OH is 1. The summed E-state index contributed by atoms with van der Waals surface area (Å²) < 4.78 is 1.92. The third kappa shape index (κ3) is 5.32. The van der Waals surface area contributed by atoms with Gasteiger partial charge in [0.25, 0.3) is 5.91 Å². The van der Waals surface area contributed by atoms with Gasteiger partial charge in [0.15, 0.2) is 11.6 Å². The van der Waals surface area contributed by atoms with Gasteiger partial charge in [0.05, 0.1) is 36.2 Å². The van der Waals surface area contributed by atoms with Crippen molar-refractivity contribution in [3.63, 3.8) is 0 Å². The number of hydrazone groups is 2. The molecule has 222 valence electrons. The predicted octanol–water partition coefficient (Wildman–Crippen LogP) is 4.76. The van der Waals surface area contributed by atoms with Crippen LogP contribution in [0.2, 0.25) is 0 Å². The van der Waals surface area contributed by atoms with Crippen molar-refractivity contribution in [3.8, 4) is 0 Å². The van der Waals surface area contributed by atoms with Crippen LogP contribution in [0.15, 0.2) is 40.2 Å². The fourth-order valence-electron chi connectivity index (χ4n) is 6.63. The van der Waals surface area contributed by atoms with E-state index in [4.69, 9.17) is 0 Å². The average Bonchev–Trinajstić information content (AvgIpc) is 3.36. The van der Waals surface area contributed by atoms with Gasteiger partial charge < -0.3 is 14.7 Å². The molecule has 1 fully saturated rings. The SMILES string of the molecule is CC1=NN(C2CCCCC2)C(=O)C1C1C(=O)C(c2c(C)c(C)n(CC(=O)Cc3ccc(/C=N/N(C)C)cc3)c2C)=C1O. The molecule has 9 heteroatoms. The number of Topliss-reactive ketones (excluding diaryl/α,β-unsaturated/α-hetero) is 2. The molecule has 1 amide bonds. The summed E-state index contributed by atoms with van der Waals surface area (Å²) in [6.45, 7) is 7.65. The molecule has 0 radical (unpaired) electrons. The van der Waals surface area contributed by atoms with E-state index in [9.17, 15) is 19.5 Å². The molecule has 42 heavy (non-hydrogen) atoms. The number of aliphatic hydroxyl groups is 1. The topological polar surface area (TPSA) is 108 Å². The Kier molecular flexibility index (Phi) is 8.21. The number of rotatable bonds is 9. The lowest BCUT2D eigenvalue weighted by Gasteiger charge is -2.33. The van der Waals surface area contributed by atoms with E-state index in [1.54, 1.807) is 23.2 Å². The Bertz CT molecular complexity index is 1510. The second kappa shape index (κ2) is 11.7. The van der Waals surface area contributed by atoms with Crippen LogP contribution in [0.1, 0.15) is 72.7 Å². The summed E-state index contributed by atoms with van der Waals surface area (Å²) in [7, 11) is 3.72. The first kappa shape index (κ1) is 29.5. The van der Waals surface area contributed by atoms with Gasteiger partial charge in [-0.3, -0.25) is 14.4 Å². The van der Waals surface area contributed by atoms with Crippen molar-refractivity contribution >= 4 is 35.0 Å². The molecule has 2 atom stereocenters. The number of aromatic nitrogens is 1. The third-order valence-corrected chi connectivity index (χ3v) is 9.03. The van der Waals surface area contributed by atoms with E-state index in [0.717, 1.165) is 53.8 Å². The Morgan fingerprint density at radius 1 is 1.02 bits per heavy atom. The maximum atomic E-state index is 13.6. The molecule has 2 heterocycles. The van der Waals surface area contributed by atoms with Crippen LogP contribution in [0, 0.1) is 32.6 Å². The molecule has 2 aliphatic carbocycles. The van der Waals surface area contributed by atoms with Gasteiger partial charge in [0.2, 0.25) is 0 Å². The molecule has 9 nitrogen and oxygen atoms in total. The zero-order valence-electron chi connectivity index (χ0n) is 25.5. The minimum atomic E-state index is -0.903. The van der Waals surface area contributed by atoms with E-state index < -0.39 is 11.8 Å². The highest BCUT2D eigenvalue weighted by molar-refractivity contribution is 6.32. The van der Waals surface area contributed by atoms with Gasteiger partial charge in [-0.15, -0.1) is 0 Å². The Morgan fingerprint density at radius 2 is 1.69 bits per heavy atom. The van der Waals surface area contributed by atoms with E-state index in [-0.39, 0.29) is 47.8 Å². The van der Waals surface area contributed by atoms with Crippen molar-refractivity contribution in [2.75, 3.05) is 14.1 Å². The van der Waals surface area contributed by atoms with Crippen LogP contribution < -0.4 is 0 Å². The fourth-order valence-corrected chi connectivity index (χ4v) is 6.63. The summed E-state index contributed by atoms with van der Waals surface area (Å²) in [6, 6.07) is 7.81. The Balaban J connectivity index is 1.32. The molecule has 2 unspecified atom stereocenters. The summed E-state index contributed by atoms with van der Waals surface area (Å²) in [5.41, 5.74) is 5.86. The first-order chi connectivity index (χ1) is 20.0. The van der Waals surface area contributed by atoms with Crippen LogP contribution in [0.5, 0.6) is 0 Å². The zero-order valence-corrected chi connectivity index (χ0v) is 25.5. The summed E-state index contributed by atoms with van der Waals surface area (Å²) in [4.78, 5) is 40.1. The van der Waals surface area contributed by atoms with E-state index in [2.05, 4.69) is 10.2 Å². The normalized spacial score (nSPS) is 21.4. The van der Waals surface area contributed by atoms with E-state index in [1.165, 1.54) is 6.42 Å². The first-order valence-corrected chi connectivity index (χ1v) is 14.8. The molecule has 1 N–H and O–H groups in total. The Labute approximate surface area is 247 Å². The van der Waals surface area contributed by atoms with Gasteiger partial charge in [-0.25, -0.2) is 5.01 Å². The second-order valence-corrected chi connectivity index (χ2v) is 12.1. The quantitative estimate of drug-likeness (QED) is 0.345. The van der Waals surface area contributed by atoms with Gasteiger partial charge in [-0.05, 0) is 57.2 Å². The van der Waals surface area contributed by atoms with Crippen molar-refractivity contribution < 1.29 is 19.5 Å². The molecule has 1 aromatic carbocycles. The Hall–Kier alpha value is -4.01. The van der Waals surface area contributed by atoms with Gasteiger partial charge in [0.1, 0.15) is 5.76 Å². The molecule has 0 spiro atoms. The largest absolute Gasteiger partial charge is 0.511 e. The maximum absolute atomic E-state index is 13.6. The van der Waals surface area contributed by atoms with Crippen LogP contribution in [-0.4, -0.2) is 69.2 Å². The number of allylic oxidation sites excluding steroid dienone is 2. The summed E-state index contributed by atoms with van der Waals surface area (Å²) in [5, 5.41) is 23.3. The zero-order chi connectivity index (χ0) is 30.3. The molecule has 3 aliphatic rings. The summed E-state index contributed by atoms with van der Waals surface area (Å²) in [5.74, 6) is -2.09. The maximum Gasteiger partial charge on any atom is 0.252 e. The Morgan fingerprint density at radius 3 is 2.31 bits per heavy atom. The van der Waals surface area contributed by atoms with Crippen LogP contribution in [0.25, 0.3) is 5.57 Å². The molecule has 0 bridgehead atoms. The van der Waals surface area contributed by atoms with Gasteiger partial charge in [-0.2, -0.15) is 10.2 Å². The number of ketones is 2. The van der Waals surface area contributed by atoms with Crippen molar-refractivity contribution in [1.29, 1.82) is 0 Å². The average molecular weight is 572 g/mol. The molecule has 0 saturated heterocycles. The smallest absolute Gasteiger partial charge is 0.252 e. The van der Waals surface area contributed by atoms with E-state index >= 15 is 0 Å². The third-order valence-electron chi connectivity index (χ3n) is 9.03. The minimum absolute atomic E-state index is 0.0414. The highest BCUT2D eigenvalue weighted by atomic mass is 16.3. The molecular weight excluding hydrogens is 530 g/mol. The highest BCUT2D eigenvalue weighted by Crippen LogP contribution is 2.46. The number of hydrogen-bond acceptors (Lipinski definition) is 7. The molecular formula is C33H41N5O4. The molecule has 5 rings (SSSR count). The van der Waals surface area contributed by atoms with Gasteiger partial charge >= 0.3 is 0 Å². The standard InChI is InChI=1S/C33H41N5O4/c1-19-21(3)37(18-26(39)16-23-12-14-24(15-13-23)17-34-36(5)6)22(4)27(19)29-31(40)30(32(29)41)28-20(2)35-38(33(28)42)25-10-8-7-9-11-25/h12-15,17,25,28,30,40H,7-11,16,18H2,1-6H3/b34-17+. The second-order valence-electron chi connectivity index (χ2n) is 12.1. The number of amides is 1. The number of carbonyl (C=O) groups excluding carboxylic acids is 3. The molecule has 1 aromatic heterocycles. The number of hydrogen-bond donors (Lipinski definition) is 1. The first-order valence-electron chi connectivity index (χ1n) is 14.8. The molecule has 1 aliphatic heterocycles. The predicted molar refractivity (Wildman–Crippen MR) is 163 cm³/mol. The minimum Gasteiger partial charge on any atom is -0.511 e. The lowest BCUT2D eigenvalue weighted by atomic mass is 9.70. The van der Waals surface area contributed by atoms with Crippen LogP contribution in [0.4, 0.5) is 0 Å². The summed E-state index contributed by atoms with van der Waals surface area (Å²) in [6.07, 6.45) is 7.20. The van der Waals surface area contributed by atoms with Crippen molar-refractivity contribution in [3.05, 3.63) is 63.7 Å². The fraction of sp³-hybridized carbons (Fsp3) is 0.485. The van der Waals surface area contributed by atoms with Crippen LogP contribution in [-0.2, 0) is 27.3 Å².